The summed E-state index contributed by atoms with van der Waals surface area (Å²) in [5, 5.41) is 0. The lowest BCUT2D eigenvalue weighted by molar-refractivity contribution is -0.114. The minimum atomic E-state index is -0.697. The second-order valence-corrected chi connectivity index (χ2v) is 6.76. The quantitative estimate of drug-likeness (QED) is 0.556. The Labute approximate surface area is 173 Å². The van der Waals surface area contributed by atoms with E-state index in [1.165, 1.54) is 27.9 Å². The Balaban J connectivity index is 2.01. The van der Waals surface area contributed by atoms with Gasteiger partial charge in [0, 0.05) is 12.6 Å². The molecule has 3 aromatic rings. The second-order valence-electron chi connectivity index (χ2n) is 6.76. The molecule has 2 aromatic heterocycles. The third-order valence-electron chi connectivity index (χ3n) is 4.60. The molecule has 0 aliphatic heterocycles. The van der Waals surface area contributed by atoms with E-state index < -0.39 is 17.2 Å². The van der Waals surface area contributed by atoms with E-state index in [0.717, 1.165) is 12.0 Å². The molecule has 0 fully saturated rings. The summed E-state index contributed by atoms with van der Waals surface area (Å²) in [5.74, 6) is 0.0279. The standard InChI is InChI=1S/C22H24N4O4/c1-2-3-13-25(18(27)12-11-17-10-7-14-30-17)19-20(23)26(22(29)24-21(19)28)15-16-8-5-4-6-9-16/h4-12,14H,2-3,13,15,23H2,1H3,(H,24,28,29)/b12-11+. The van der Waals surface area contributed by atoms with Crippen molar-refractivity contribution in [3.63, 3.8) is 0 Å². The zero-order valence-corrected chi connectivity index (χ0v) is 16.7. The van der Waals surface area contributed by atoms with Crippen LogP contribution in [0.4, 0.5) is 11.5 Å². The third kappa shape index (κ3) is 4.78. The van der Waals surface area contributed by atoms with Crippen LogP contribution in [0.3, 0.4) is 0 Å². The lowest BCUT2D eigenvalue weighted by Crippen LogP contribution is -2.41. The van der Waals surface area contributed by atoms with Gasteiger partial charge in [0.1, 0.15) is 11.6 Å². The number of carbonyl (C=O) groups excluding carboxylic acids is 1. The van der Waals surface area contributed by atoms with Crippen molar-refractivity contribution in [3.05, 3.63) is 87.0 Å². The fraction of sp³-hybridized carbons (Fsp3) is 0.227. The van der Waals surface area contributed by atoms with Crippen LogP contribution in [0.15, 0.2) is 68.8 Å². The van der Waals surface area contributed by atoms with Crippen LogP contribution in [0, 0.1) is 0 Å². The number of nitrogens with two attached hydrogens (primary N) is 1. The first-order valence-corrected chi connectivity index (χ1v) is 9.71. The summed E-state index contributed by atoms with van der Waals surface area (Å²) in [7, 11) is 0. The number of unbranched alkanes of at least 4 members (excludes halogenated alkanes) is 1. The fourth-order valence-corrected chi connectivity index (χ4v) is 3.04. The highest BCUT2D eigenvalue weighted by atomic mass is 16.3. The summed E-state index contributed by atoms with van der Waals surface area (Å²) in [4.78, 5) is 41.5. The smallest absolute Gasteiger partial charge is 0.330 e. The molecule has 3 N–H and O–H groups in total. The largest absolute Gasteiger partial charge is 0.465 e. The zero-order valence-electron chi connectivity index (χ0n) is 16.7. The molecule has 8 nitrogen and oxygen atoms in total. The lowest BCUT2D eigenvalue weighted by Gasteiger charge is -2.23. The topological polar surface area (TPSA) is 114 Å². The van der Waals surface area contributed by atoms with Crippen LogP contribution in [0.5, 0.6) is 0 Å². The van der Waals surface area contributed by atoms with Crippen LogP contribution in [0.1, 0.15) is 31.1 Å². The Morgan fingerprint density at radius 2 is 1.97 bits per heavy atom. The summed E-state index contributed by atoms with van der Waals surface area (Å²) in [5.41, 5.74) is 5.73. The van der Waals surface area contributed by atoms with Gasteiger partial charge in [0.05, 0.1) is 12.8 Å². The van der Waals surface area contributed by atoms with E-state index in [4.69, 9.17) is 10.2 Å². The number of amides is 1. The number of carbonyl (C=O) groups is 1. The Morgan fingerprint density at radius 3 is 2.63 bits per heavy atom. The first-order chi connectivity index (χ1) is 14.5. The Bertz CT molecular complexity index is 1130. The minimum absolute atomic E-state index is 0.0342. The molecule has 2 heterocycles. The van der Waals surface area contributed by atoms with E-state index in [2.05, 4.69) is 4.98 Å². The summed E-state index contributed by atoms with van der Waals surface area (Å²) in [6.07, 6.45) is 5.82. The zero-order chi connectivity index (χ0) is 21.5. The number of nitrogens with one attached hydrogen (secondary N) is 1. The van der Waals surface area contributed by atoms with Crippen molar-refractivity contribution in [2.24, 2.45) is 0 Å². The van der Waals surface area contributed by atoms with Crippen LogP contribution in [0.25, 0.3) is 6.08 Å². The SMILES string of the molecule is CCCCN(C(=O)/C=C/c1ccco1)c1c(N)n(Cc2ccccc2)c(=O)[nH]c1=O. The number of anilines is 2. The van der Waals surface area contributed by atoms with E-state index in [-0.39, 0.29) is 24.6 Å². The van der Waals surface area contributed by atoms with E-state index in [1.807, 2.05) is 37.3 Å². The summed E-state index contributed by atoms with van der Waals surface area (Å²) >= 11 is 0. The monoisotopic (exact) mass is 408 g/mol. The van der Waals surface area contributed by atoms with Crippen LogP contribution in [0.2, 0.25) is 0 Å². The Kier molecular flexibility index (Phi) is 6.69. The minimum Gasteiger partial charge on any atom is -0.465 e. The number of nitrogens with zero attached hydrogens (tertiary/aromatic N) is 2. The van der Waals surface area contributed by atoms with Gasteiger partial charge < -0.3 is 15.1 Å². The molecule has 0 atom stereocenters. The maximum Gasteiger partial charge on any atom is 0.330 e. The Morgan fingerprint density at radius 1 is 1.20 bits per heavy atom. The molecule has 0 saturated heterocycles. The van der Waals surface area contributed by atoms with Crippen molar-refractivity contribution in [2.45, 2.75) is 26.3 Å². The van der Waals surface area contributed by atoms with Crippen LogP contribution < -0.4 is 21.9 Å². The van der Waals surface area contributed by atoms with Gasteiger partial charge in [0.15, 0.2) is 5.69 Å². The summed E-state index contributed by atoms with van der Waals surface area (Å²) in [6, 6.07) is 12.7. The molecule has 156 valence electrons. The fourth-order valence-electron chi connectivity index (χ4n) is 3.04. The van der Waals surface area contributed by atoms with Crippen LogP contribution in [-0.4, -0.2) is 22.0 Å². The van der Waals surface area contributed by atoms with Gasteiger partial charge >= 0.3 is 5.69 Å². The average Bonchev–Trinajstić information content (AvgIpc) is 3.26. The molecule has 1 aromatic carbocycles. The van der Waals surface area contributed by atoms with E-state index >= 15 is 0 Å². The number of benzene rings is 1. The van der Waals surface area contributed by atoms with E-state index in [9.17, 15) is 14.4 Å². The second kappa shape index (κ2) is 9.60. The van der Waals surface area contributed by atoms with Gasteiger partial charge in [-0.15, -0.1) is 0 Å². The molecule has 0 radical (unpaired) electrons. The van der Waals surface area contributed by atoms with Crippen molar-refractivity contribution >= 4 is 23.5 Å². The van der Waals surface area contributed by atoms with Crippen molar-refractivity contribution < 1.29 is 9.21 Å². The van der Waals surface area contributed by atoms with Crippen molar-refractivity contribution in [2.75, 3.05) is 17.2 Å². The van der Waals surface area contributed by atoms with Crippen molar-refractivity contribution in [1.82, 2.24) is 9.55 Å². The van der Waals surface area contributed by atoms with Gasteiger partial charge in [-0.1, -0.05) is 43.7 Å². The normalized spacial score (nSPS) is 11.1. The maximum absolute atomic E-state index is 12.9. The lowest BCUT2D eigenvalue weighted by atomic mass is 10.2. The number of aromatic nitrogens is 2. The highest BCUT2D eigenvalue weighted by Gasteiger charge is 2.22. The van der Waals surface area contributed by atoms with Crippen LogP contribution >= 0.6 is 0 Å². The molecule has 1 amide bonds. The molecule has 0 spiro atoms. The van der Waals surface area contributed by atoms with Crippen molar-refractivity contribution in [3.8, 4) is 0 Å². The molecule has 0 aliphatic carbocycles. The molecule has 3 rings (SSSR count). The van der Waals surface area contributed by atoms with Crippen molar-refractivity contribution in [1.29, 1.82) is 0 Å². The molecule has 0 saturated carbocycles. The molecule has 0 aliphatic rings. The predicted octanol–water partition coefficient (Wildman–Crippen LogP) is 2.61. The highest BCUT2D eigenvalue weighted by molar-refractivity contribution is 6.04. The first kappa shape index (κ1) is 20.9. The molecule has 0 bridgehead atoms. The molecular weight excluding hydrogens is 384 g/mol. The number of furan rings is 1. The number of aromatic amines is 1. The first-order valence-electron chi connectivity index (χ1n) is 9.71. The maximum atomic E-state index is 12.9. The molecular formula is C22H24N4O4. The molecule has 0 unspecified atom stereocenters. The molecule has 30 heavy (non-hydrogen) atoms. The average molecular weight is 408 g/mol. The van der Waals surface area contributed by atoms with Gasteiger partial charge in [0.25, 0.3) is 11.5 Å². The van der Waals surface area contributed by atoms with Gasteiger partial charge in [-0.05, 0) is 30.2 Å². The summed E-state index contributed by atoms with van der Waals surface area (Å²) < 4.78 is 6.46. The predicted molar refractivity (Wildman–Crippen MR) is 116 cm³/mol. The number of hydrogen-bond acceptors (Lipinski definition) is 5. The number of rotatable bonds is 8. The van der Waals surface area contributed by atoms with Crippen LogP contribution in [-0.2, 0) is 11.3 Å². The Hall–Kier alpha value is -3.81. The van der Waals surface area contributed by atoms with E-state index in [0.29, 0.717) is 12.2 Å². The molecule has 8 heteroatoms. The summed E-state index contributed by atoms with van der Waals surface area (Å²) in [6.45, 7) is 2.44. The van der Waals surface area contributed by atoms with E-state index in [1.54, 1.807) is 12.1 Å². The highest BCUT2D eigenvalue weighted by Crippen LogP contribution is 2.19. The van der Waals surface area contributed by atoms with Gasteiger partial charge in [-0.2, -0.15) is 0 Å². The number of hydrogen-bond donors (Lipinski definition) is 2. The third-order valence-corrected chi connectivity index (χ3v) is 4.60. The number of nitrogen functional groups attached to an aromatic ring is 1. The van der Waals surface area contributed by atoms with Gasteiger partial charge in [0.2, 0.25) is 0 Å². The van der Waals surface area contributed by atoms with Gasteiger partial charge in [-0.3, -0.25) is 19.1 Å². The number of H-pyrrole nitrogens is 1. The van der Waals surface area contributed by atoms with Gasteiger partial charge in [-0.25, -0.2) is 4.79 Å².